The Balaban J connectivity index is 4.83. The van der Waals surface area contributed by atoms with Crippen LogP contribution in [-0.4, -0.2) is 45.8 Å². The number of rotatable bonds is 32. The summed E-state index contributed by atoms with van der Waals surface area (Å²) in [7, 11) is 5.35. The zero-order valence-electron chi connectivity index (χ0n) is 32.8. The molecule has 0 aliphatic heterocycles. The normalized spacial score (nSPS) is 13.7. The summed E-state index contributed by atoms with van der Waals surface area (Å²) in [6, 6.07) is 0. The average Bonchev–Trinajstić information content (AvgIpc) is 2.98. The predicted molar refractivity (Wildman–Crippen MR) is 204 cm³/mol. The van der Waals surface area contributed by atoms with E-state index in [-0.39, 0.29) is 7.92 Å². The smallest absolute Gasteiger partial charge is 0.285 e. The highest BCUT2D eigenvalue weighted by Crippen LogP contribution is 2.42. The van der Waals surface area contributed by atoms with E-state index in [0.717, 1.165) is 12.8 Å². The molecule has 0 aliphatic carbocycles. The number of methoxy groups -OCH3 is 3. The molecule has 0 rings (SSSR count). The van der Waals surface area contributed by atoms with Gasteiger partial charge in [0.05, 0.1) is 0 Å². The Morgan fingerprint density at radius 3 is 1.16 bits per heavy atom. The molecule has 0 saturated heterocycles. The molecule has 0 amide bonds. The van der Waals surface area contributed by atoms with Gasteiger partial charge in [-0.15, -0.1) is 7.92 Å². The first kappa shape index (κ1) is 45.3. The molecule has 0 aromatic rings. The third-order valence-corrected chi connectivity index (χ3v) is 12.6. The van der Waals surface area contributed by atoms with Crippen LogP contribution in [0.1, 0.15) is 203 Å². The van der Waals surface area contributed by atoms with E-state index in [9.17, 15) is 0 Å². The fourth-order valence-electron chi connectivity index (χ4n) is 6.84. The molecule has 0 spiro atoms. The van der Waals surface area contributed by atoms with Crippen LogP contribution in [0.5, 0.6) is 0 Å². The molecule has 1 atom stereocenters. The minimum atomic E-state index is -0.898. The minimum Gasteiger partial charge on any atom is -0.331 e. The Kier molecular flexibility index (Phi) is 28.4. The molecule has 0 N–H and O–H groups in total. The van der Waals surface area contributed by atoms with Crippen molar-refractivity contribution in [2.75, 3.05) is 39.8 Å². The summed E-state index contributed by atoms with van der Waals surface area (Å²) in [4.78, 5) is 0. The van der Waals surface area contributed by atoms with Gasteiger partial charge >= 0.3 is 0 Å². The van der Waals surface area contributed by atoms with Crippen molar-refractivity contribution in [1.29, 1.82) is 0 Å². The van der Waals surface area contributed by atoms with Gasteiger partial charge in [-0.25, -0.2) is 0 Å². The Morgan fingerprint density at radius 1 is 0.422 bits per heavy atom. The van der Waals surface area contributed by atoms with Crippen LogP contribution >= 0.6 is 7.92 Å². The number of hydrogen-bond donors (Lipinski definition) is 0. The summed E-state index contributed by atoms with van der Waals surface area (Å²) in [6.45, 7) is 16.5. The van der Waals surface area contributed by atoms with Crippen LogP contribution in [0.15, 0.2) is 0 Å². The molecular weight excluding hydrogens is 571 g/mol. The molecule has 0 fully saturated rings. The fraction of sp³-hybridized carbons (Fsp3) is 1.00. The van der Waals surface area contributed by atoms with Gasteiger partial charge in [0.2, 0.25) is 0 Å². The molecule has 0 aromatic carbocycles. The maximum absolute atomic E-state index is 5.93. The van der Waals surface area contributed by atoms with E-state index in [0.29, 0.717) is 16.7 Å². The zero-order chi connectivity index (χ0) is 33.9. The van der Waals surface area contributed by atoms with Crippen LogP contribution in [-0.2, 0) is 14.2 Å². The molecule has 0 aliphatic rings. The second kappa shape index (κ2) is 28.2. The highest BCUT2D eigenvalue weighted by molar-refractivity contribution is 7.57. The standard InChI is InChI=1S/C41H85O3P/c1-11-12-13-14-21-26-31-38(41(42-8,43-9)44-10)32-37-45(35-29-24-19-15-17-22-27-33-39(2,3)4)36-30-25-20-16-18-23-28-34-40(5,6)7/h38H,11-37H2,1-10H3. The van der Waals surface area contributed by atoms with Gasteiger partial charge in [-0.05, 0) is 67.8 Å². The summed E-state index contributed by atoms with van der Waals surface area (Å²) >= 11 is 0. The molecule has 1 unspecified atom stereocenters. The Morgan fingerprint density at radius 2 is 0.778 bits per heavy atom. The van der Waals surface area contributed by atoms with Gasteiger partial charge in [0.25, 0.3) is 5.97 Å². The molecule has 0 radical (unpaired) electrons. The van der Waals surface area contributed by atoms with E-state index in [4.69, 9.17) is 14.2 Å². The summed E-state index contributed by atoms with van der Waals surface area (Å²) in [5, 5.41) is 0. The number of unbranched alkanes of at least 4 members (excludes halogenated alkanes) is 17. The summed E-state index contributed by atoms with van der Waals surface area (Å²) in [5.74, 6) is -0.598. The summed E-state index contributed by atoms with van der Waals surface area (Å²) in [5.41, 5.74) is 0.985. The number of hydrogen-bond acceptors (Lipinski definition) is 3. The van der Waals surface area contributed by atoms with E-state index >= 15 is 0 Å². The highest BCUT2D eigenvalue weighted by Gasteiger charge is 2.39. The Labute approximate surface area is 286 Å². The topological polar surface area (TPSA) is 27.7 Å². The first-order valence-electron chi connectivity index (χ1n) is 19.8. The molecule has 272 valence electrons. The van der Waals surface area contributed by atoms with Crippen LogP contribution in [0.3, 0.4) is 0 Å². The van der Waals surface area contributed by atoms with Crippen LogP contribution < -0.4 is 0 Å². The van der Waals surface area contributed by atoms with Gasteiger partial charge in [0.1, 0.15) is 0 Å². The molecule has 0 aromatic heterocycles. The zero-order valence-corrected chi connectivity index (χ0v) is 33.7. The second-order valence-corrected chi connectivity index (χ2v) is 19.4. The summed E-state index contributed by atoms with van der Waals surface area (Å²) in [6.07, 6.45) is 37.1. The first-order valence-corrected chi connectivity index (χ1v) is 21.7. The third kappa shape index (κ3) is 26.9. The minimum absolute atomic E-state index is 0.0647. The predicted octanol–water partition coefficient (Wildman–Crippen LogP) is 14.2. The fourth-order valence-corrected chi connectivity index (χ4v) is 9.53. The van der Waals surface area contributed by atoms with Crippen molar-refractivity contribution in [2.45, 2.75) is 209 Å². The molecule has 0 heterocycles. The van der Waals surface area contributed by atoms with Gasteiger partial charge in [0.15, 0.2) is 0 Å². The van der Waals surface area contributed by atoms with E-state index in [1.165, 1.54) is 160 Å². The van der Waals surface area contributed by atoms with Crippen LogP contribution in [0, 0.1) is 16.7 Å². The maximum atomic E-state index is 5.93. The Hall–Kier alpha value is 0.310. The lowest BCUT2D eigenvalue weighted by Crippen LogP contribution is -2.44. The first-order chi connectivity index (χ1) is 21.4. The van der Waals surface area contributed by atoms with Gasteiger partial charge in [0, 0.05) is 27.2 Å². The quantitative estimate of drug-likeness (QED) is 0.0410. The molecule has 45 heavy (non-hydrogen) atoms. The largest absolute Gasteiger partial charge is 0.331 e. The third-order valence-electron chi connectivity index (χ3n) is 9.86. The van der Waals surface area contributed by atoms with Crippen LogP contribution in [0.2, 0.25) is 0 Å². The maximum Gasteiger partial charge on any atom is 0.285 e. The van der Waals surface area contributed by atoms with Crippen molar-refractivity contribution in [3.63, 3.8) is 0 Å². The van der Waals surface area contributed by atoms with E-state index < -0.39 is 5.97 Å². The van der Waals surface area contributed by atoms with E-state index in [1.807, 2.05) is 0 Å². The highest BCUT2D eigenvalue weighted by atomic mass is 31.1. The molecular formula is C41H85O3P. The van der Waals surface area contributed by atoms with Crippen molar-refractivity contribution in [3.8, 4) is 0 Å². The van der Waals surface area contributed by atoms with Crippen LogP contribution in [0.4, 0.5) is 0 Å². The van der Waals surface area contributed by atoms with Crippen molar-refractivity contribution in [2.24, 2.45) is 16.7 Å². The average molecular weight is 657 g/mol. The summed E-state index contributed by atoms with van der Waals surface area (Å²) < 4.78 is 17.8. The van der Waals surface area contributed by atoms with Crippen molar-refractivity contribution < 1.29 is 14.2 Å². The monoisotopic (exact) mass is 657 g/mol. The number of ether oxygens (including phenoxy) is 3. The van der Waals surface area contributed by atoms with E-state index in [1.54, 1.807) is 21.3 Å². The Bertz CT molecular complexity index is 579. The lowest BCUT2D eigenvalue weighted by Gasteiger charge is -2.37. The second-order valence-electron chi connectivity index (χ2n) is 16.7. The molecule has 0 saturated carbocycles. The van der Waals surface area contributed by atoms with Gasteiger partial charge in [-0.3, -0.25) is 0 Å². The van der Waals surface area contributed by atoms with Gasteiger partial charge < -0.3 is 14.2 Å². The molecule has 3 nitrogen and oxygen atoms in total. The SMILES string of the molecule is CCCCCCCCC(CCP(CCCCCCCCCC(C)(C)C)CCCCCCCCCC(C)(C)C)C(OC)(OC)OC. The van der Waals surface area contributed by atoms with Crippen molar-refractivity contribution >= 4 is 7.92 Å². The van der Waals surface area contributed by atoms with Gasteiger partial charge in [-0.2, -0.15) is 0 Å². The van der Waals surface area contributed by atoms with Crippen molar-refractivity contribution in [3.05, 3.63) is 0 Å². The molecule has 0 bridgehead atoms. The lowest BCUT2D eigenvalue weighted by molar-refractivity contribution is -0.379. The lowest BCUT2D eigenvalue weighted by atomic mass is 9.89. The van der Waals surface area contributed by atoms with Crippen molar-refractivity contribution in [1.82, 2.24) is 0 Å². The van der Waals surface area contributed by atoms with E-state index in [2.05, 4.69) is 48.5 Å². The van der Waals surface area contributed by atoms with Crippen LogP contribution in [0.25, 0.3) is 0 Å². The van der Waals surface area contributed by atoms with Gasteiger partial charge in [-0.1, -0.05) is 164 Å². The molecule has 4 heteroatoms.